The Kier molecular flexibility index (Phi) is 6.46. The van der Waals surface area contributed by atoms with Gasteiger partial charge in [0.05, 0.1) is 0 Å². The minimum atomic E-state index is -0.0205. The first kappa shape index (κ1) is 22.7. The third-order valence-electron chi connectivity index (χ3n) is 6.52. The van der Waals surface area contributed by atoms with Crippen molar-refractivity contribution in [3.05, 3.63) is 48.0 Å². The molecule has 0 saturated carbocycles. The predicted molar refractivity (Wildman–Crippen MR) is 137 cm³/mol. The fourth-order valence-electron chi connectivity index (χ4n) is 5.02. The van der Waals surface area contributed by atoms with Gasteiger partial charge in [-0.3, -0.25) is 0 Å². The molecule has 0 unspecified atom stereocenters. The van der Waals surface area contributed by atoms with Crippen molar-refractivity contribution in [3.8, 4) is 0 Å². The maximum absolute atomic E-state index is 6.24. The number of benzene rings is 2. The molecule has 2 aliphatic rings. The van der Waals surface area contributed by atoms with E-state index in [1.807, 2.05) is 6.07 Å². The molecule has 2 aliphatic heterocycles. The SMILES string of the molecule is N[C@@H]1C[C@H](N)CN(c2nc(NCc3cccc4ccccc34)nc(N3C[C@H](N)C[C@H](N)C3)n2)C1. The van der Waals surface area contributed by atoms with Crippen LogP contribution in [0.4, 0.5) is 17.8 Å². The lowest BCUT2D eigenvalue weighted by Gasteiger charge is -2.37. The number of nitrogens with zero attached hydrogens (tertiary/aromatic N) is 5. The van der Waals surface area contributed by atoms with Crippen LogP contribution >= 0.6 is 0 Å². The third kappa shape index (κ3) is 5.05. The molecule has 2 aromatic carbocycles. The van der Waals surface area contributed by atoms with Gasteiger partial charge in [0.1, 0.15) is 0 Å². The molecule has 34 heavy (non-hydrogen) atoms. The Morgan fingerprint density at radius 1 is 0.706 bits per heavy atom. The number of rotatable bonds is 5. The van der Waals surface area contributed by atoms with Crippen molar-refractivity contribution in [2.45, 2.75) is 43.6 Å². The Balaban J connectivity index is 1.45. The molecule has 9 N–H and O–H groups in total. The van der Waals surface area contributed by atoms with Crippen LogP contribution in [-0.4, -0.2) is 65.3 Å². The third-order valence-corrected chi connectivity index (χ3v) is 6.52. The van der Waals surface area contributed by atoms with Gasteiger partial charge < -0.3 is 38.1 Å². The minimum absolute atomic E-state index is 0.0205. The molecule has 3 heterocycles. The maximum Gasteiger partial charge on any atom is 0.232 e. The van der Waals surface area contributed by atoms with Gasteiger partial charge in [0.15, 0.2) is 0 Å². The first-order valence-electron chi connectivity index (χ1n) is 11.9. The molecule has 0 aliphatic carbocycles. The summed E-state index contributed by atoms with van der Waals surface area (Å²) >= 11 is 0. The van der Waals surface area contributed by atoms with Crippen LogP contribution < -0.4 is 38.1 Å². The summed E-state index contributed by atoms with van der Waals surface area (Å²) < 4.78 is 0. The molecule has 0 radical (unpaired) electrons. The van der Waals surface area contributed by atoms with Gasteiger partial charge in [-0.1, -0.05) is 42.5 Å². The number of aromatic nitrogens is 3. The quantitative estimate of drug-likeness (QED) is 0.358. The fourth-order valence-corrected chi connectivity index (χ4v) is 5.02. The standard InChI is InChI=1S/C24H34N10/c25-17-8-18(26)12-33(11-17)23-30-22(31-24(32-23)34-13-19(27)9-20(28)14-34)29-10-16-6-3-5-15-4-1-2-7-21(15)16/h1-7,17-20H,8-14,25-28H2,(H,29,30,31,32)/t17-,18+,19-,20+. The summed E-state index contributed by atoms with van der Waals surface area (Å²) in [5.74, 6) is 1.65. The zero-order valence-corrected chi connectivity index (χ0v) is 19.3. The van der Waals surface area contributed by atoms with E-state index in [4.69, 9.17) is 37.9 Å². The molecule has 1 aromatic heterocycles. The van der Waals surface area contributed by atoms with Crippen molar-refractivity contribution >= 4 is 28.6 Å². The summed E-state index contributed by atoms with van der Waals surface area (Å²) in [5.41, 5.74) is 26.1. The highest BCUT2D eigenvalue weighted by Crippen LogP contribution is 2.23. The molecule has 0 amide bonds. The van der Waals surface area contributed by atoms with E-state index in [2.05, 4.69) is 51.5 Å². The van der Waals surface area contributed by atoms with Crippen molar-refractivity contribution in [1.82, 2.24) is 15.0 Å². The van der Waals surface area contributed by atoms with Crippen molar-refractivity contribution in [2.24, 2.45) is 22.9 Å². The van der Waals surface area contributed by atoms with E-state index in [-0.39, 0.29) is 24.2 Å². The van der Waals surface area contributed by atoms with Crippen LogP contribution in [0.1, 0.15) is 18.4 Å². The molecule has 2 saturated heterocycles. The first-order chi connectivity index (χ1) is 16.4. The van der Waals surface area contributed by atoms with Gasteiger partial charge in [-0.25, -0.2) is 0 Å². The van der Waals surface area contributed by atoms with Gasteiger partial charge >= 0.3 is 0 Å². The molecule has 0 bridgehead atoms. The smallest absolute Gasteiger partial charge is 0.232 e. The Morgan fingerprint density at radius 2 is 1.24 bits per heavy atom. The lowest BCUT2D eigenvalue weighted by Crippen LogP contribution is -2.54. The Morgan fingerprint density at radius 3 is 1.82 bits per heavy atom. The number of hydrogen-bond donors (Lipinski definition) is 5. The Bertz CT molecular complexity index is 1070. The second-order valence-corrected chi connectivity index (χ2v) is 9.57. The second-order valence-electron chi connectivity index (χ2n) is 9.57. The number of nitrogens with two attached hydrogens (primary N) is 4. The number of piperidine rings is 2. The summed E-state index contributed by atoms with van der Waals surface area (Å²) in [5, 5.41) is 5.82. The predicted octanol–water partition coefficient (Wildman–Crippen LogP) is 0.366. The molecule has 180 valence electrons. The first-order valence-corrected chi connectivity index (χ1v) is 11.9. The molecule has 3 aromatic rings. The van der Waals surface area contributed by atoms with Crippen molar-refractivity contribution in [3.63, 3.8) is 0 Å². The van der Waals surface area contributed by atoms with Crippen molar-refractivity contribution in [1.29, 1.82) is 0 Å². The minimum Gasteiger partial charge on any atom is -0.350 e. The van der Waals surface area contributed by atoms with Gasteiger partial charge in [-0.15, -0.1) is 0 Å². The molecule has 5 rings (SSSR count). The van der Waals surface area contributed by atoms with Crippen LogP contribution in [0.2, 0.25) is 0 Å². The van der Waals surface area contributed by atoms with E-state index in [0.717, 1.165) is 12.8 Å². The highest BCUT2D eigenvalue weighted by molar-refractivity contribution is 5.85. The van der Waals surface area contributed by atoms with Gasteiger partial charge in [0.25, 0.3) is 0 Å². The normalized spacial score (nSPS) is 25.5. The van der Waals surface area contributed by atoms with Crippen molar-refractivity contribution in [2.75, 3.05) is 41.3 Å². The van der Waals surface area contributed by atoms with Gasteiger partial charge in [0.2, 0.25) is 17.8 Å². The zero-order valence-electron chi connectivity index (χ0n) is 19.3. The van der Waals surface area contributed by atoms with E-state index in [1.165, 1.54) is 16.3 Å². The number of fused-ring (bicyclic) bond motifs is 1. The lowest BCUT2D eigenvalue weighted by atomic mass is 10.0. The monoisotopic (exact) mass is 462 g/mol. The topological polar surface area (TPSA) is 161 Å². The lowest BCUT2D eigenvalue weighted by molar-refractivity contribution is 0.441. The van der Waals surface area contributed by atoms with Crippen molar-refractivity contribution < 1.29 is 0 Å². The molecule has 2 fully saturated rings. The zero-order chi connectivity index (χ0) is 23.7. The van der Waals surface area contributed by atoms with E-state index >= 15 is 0 Å². The van der Waals surface area contributed by atoms with Gasteiger partial charge in [-0.2, -0.15) is 15.0 Å². The summed E-state index contributed by atoms with van der Waals surface area (Å²) in [7, 11) is 0. The molecule has 4 atom stereocenters. The van der Waals surface area contributed by atoms with Crippen LogP contribution in [0.3, 0.4) is 0 Å². The average molecular weight is 463 g/mol. The van der Waals surface area contributed by atoms with Gasteiger partial charge in [0, 0.05) is 56.9 Å². The number of anilines is 3. The van der Waals surface area contributed by atoms with Crippen LogP contribution in [0.5, 0.6) is 0 Å². The fraction of sp³-hybridized carbons (Fsp3) is 0.458. The van der Waals surface area contributed by atoms with E-state index < -0.39 is 0 Å². The van der Waals surface area contributed by atoms with Crippen LogP contribution in [0, 0.1) is 0 Å². The summed E-state index contributed by atoms with van der Waals surface area (Å²) in [6.07, 6.45) is 1.58. The van der Waals surface area contributed by atoms with E-state index in [9.17, 15) is 0 Å². The Hall–Kier alpha value is -3.05. The molecular formula is C24H34N10. The largest absolute Gasteiger partial charge is 0.350 e. The molecule has 10 nitrogen and oxygen atoms in total. The summed E-state index contributed by atoms with van der Waals surface area (Å²) in [4.78, 5) is 18.4. The van der Waals surface area contributed by atoms with E-state index in [1.54, 1.807) is 0 Å². The maximum atomic E-state index is 6.24. The average Bonchev–Trinajstić information content (AvgIpc) is 2.81. The van der Waals surface area contributed by atoms with E-state index in [0.29, 0.717) is 50.6 Å². The van der Waals surface area contributed by atoms with Crippen LogP contribution in [-0.2, 0) is 6.54 Å². The summed E-state index contributed by atoms with van der Waals surface area (Å²) in [6.45, 7) is 3.19. The highest BCUT2D eigenvalue weighted by Gasteiger charge is 2.28. The second kappa shape index (κ2) is 9.67. The number of nitrogens with one attached hydrogen (secondary N) is 1. The molecule has 0 spiro atoms. The molecule has 10 heteroatoms. The van der Waals surface area contributed by atoms with Crippen LogP contribution in [0.25, 0.3) is 10.8 Å². The molecular weight excluding hydrogens is 428 g/mol. The highest BCUT2D eigenvalue weighted by atomic mass is 15.4. The summed E-state index contributed by atoms with van der Waals surface area (Å²) in [6, 6.07) is 14.6. The van der Waals surface area contributed by atoms with Crippen LogP contribution in [0.15, 0.2) is 42.5 Å². The Labute approximate surface area is 199 Å². The van der Waals surface area contributed by atoms with Gasteiger partial charge in [-0.05, 0) is 29.2 Å². The number of hydrogen-bond acceptors (Lipinski definition) is 10.